The number of ether oxygens (including phenoxy) is 1. The van der Waals surface area contributed by atoms with Crippen molar-refractivity contribution >= 4 is 39.0 Å². The summed E-state index contributed by atoms with van der Waals surface area (Å²) in [6.07, 6.45) is 1.34. The molecule has 4 rings (SSSR count). The quantitative estimate of drug-likeness (QED) is 0.620. The maximum Gasteiger partial charge on any atom is 0.405 e. The molecule has 10 heteroatoms. The summed E-state index contributed by atoms with van der Waals surface area (Å²) in [5.41, 5.74) is 5.20. The van der Waals surface area contributed by atoms with Gasteiger partial charge in [0, 0.05) is 42.2 Å². The fourth-order valence-electron chi connectivity index (χ4n) is 3.72. The number of benzene rings is 1. The molecule has 2 aromatic heterocycles. The van der Waals surface area contributed by atoms with Crippen molar-refractivity contribution in [3.63, 3.8) is 0 Å². The fraction of sp³-hybridized carbons (Fsp3) is 0.263. The van der Waals surface area contributed by atoms with Crippen molar-refractivity contribution in [3.8, 4) is 6.07 Å². The largest absolute Gasteiger partial charge is 0.438 e. The van der Waals surface area contributed by atoms with E-state index in [-0.39, 0.29) is 5.69 Å². The van der Waals surface area contributed by atoms with Gasteiger partial charge in [-0.05, 0) is 22.0 Å². The summed E-state index contributed by atoms with van der Waals surface area (Å²) in [7, 11) is 0. The zero-order chi connectivity index (χ0) is 20.6. The van der Waals surface area contributed by atoms with E-state index in [1.54, 1.807) is 24.4 Å². The predicted octanol–water partition coefficient (Wildman–Crippen LogP) is 3.32. The summed E-state index contributed by atoms with van der Waals surface area (Å²) >= 11 is 3.38. The lowest BCUT2D eigenvalue weighted by molar-refractivity contribution is -0.00934. The number of nitriles is 1. The van der Waals surface area contributed by atoms with E-state index in [0.29, 0.717) is 52.9 Å². The van der Waals surface area contributed by atoms with Crippen LogP contribution in [0.2, 0.25) is 0 Å². The first-order chi connectivity index (χ1) is 13.9. The fourth-order valence-corrected chi connectivity index (χ4v) is 4.21. The van der Waals surface area contributed by atoms with E-state index in [4.69, 9.17) is 10.5 Å². The minimum atomic E-state index is -1.16. The van der Waals surface area contributed by atoms with Crippen molar-refractivity contribution in [3.05, 3.63) is 52.0 Å². The first-order valence-corrected chi connectivity index (χ1v) is 9.66. The highest BCUT2D eigenvalue weighted by molar-refractivity contribution is 9.10. The molecule has 3 heterocycles. The van der Waals surface area contributed by atoms with E-state index in [1.165, 1.54) is 6.07 Å². The molecular weight excluding hydrogens is 443 g/mol. The van der Waals surface area contributed by atoms with Crippen LogP contribution in [0.3, 0.4) is 0 Å². The van der Waals surface area contributed by atoms with Crippen LogP contribution in [0, 0.1) is 17.1 Å². The molecule has 3 aromatic rings. The Morgan fingerprint density at radius 3 is 2.72 bits per heavy atom. The third kappa shape index (κ3) is 3.38. The molecule has 0 aliphatic carbocycles. The van der Waals surface area contributed by atoms with Gasteiger partial charge in [-0.25, -0.2) is 14.2 Å². The van der Waals surface area contributed by atoms with Gasteiger partial charge in [0.15, 0.2) is 5.69 Å². The molecule has 1 aliphatic heterocycles. The van der Waals surface area contributed by atoms with Crippen molar-refractivity contribution in [1.82, 2.24) is 15.0 Å². The predicted molar refractivity (Wildman–Crippen MR) is 106 cm³/mol. The van der Waals surface area contributed by atoms with Crippen molar-refractivity contribution in [2.24, 2.45) is 5.73 Å². The summed E-state index contributed by atoms with van der Waals surface area (Å²) < 4.78 is 20.6. The second kappa shape index (κ2) is 7.33. The monoisotopic (exact) mass is 458 g/mol. The average molecular weight is 459 g/mol. The molecule has 29 heavy (non-hydrogen) atoms. The second-order valence-corrected chi connectivity index (χ2v) is 7.58. The third-order valence-electron chi connectivity index (χ3n) is 5.09. The second-order valence-electron chi connectivity index (χ2n) is 6.73. The zero-order valence-corrected chi connectivity index (χ0v) is 16.7. The van der Waals surface area contributed by atoms with Crippen LogP contribution in [0.4, 0.5) is 15.1 Å². The minimum Gasteiger partial charge on any atom is -0.438 e. The van der Waals surface area contributed by atoms with Crippen LogP contribution >= 0.6 is 15.9 Å². The van der Waals surface area contributed by atoms with Crippen LogP contribution in [-0.2, 0) is 10.3 Å². The highest BCUT2D eigenvalue weighted by atomic mass is 79.9. The summed E-state index contributed by atoms with van der Waals surface area (Å²) in [6.45, 7) is 0.778. The molecule has 0 radical (unpaired) electrons. The number of aromatic amines is 1. The molecule has 0 unspecified atom stereocenters. The average Bonchev–Trinajstić information content (AvgIpc) is 3.08. The summed E-state index contributed by atoms with van der Waals surface area (Å²) in [5, 5.41) is 10.1. The normalized spacial score (nSPS) is 15.8. The Labute approximate surface area is 173 Å². The number of rotatable bonds is 3. The lowest BCUT2D eigenvalue weighted by Gasteiger charge is -2.41. The topological polar surface area (TPSA) is 121 Å². The van der Waals surface area contributed by atoms with Gasteiger partial charge in [-0.1, -0.05) is 18.2 Å². The molecule has 1 aromatic carbocycles. The number of fused-ring (bicyclic) bond motifs is 1. The summed E-state index contributed by atoms with van der Waals surface area (Å²) in [5.74, 6) is -0.0764. The number of halogens is 2. The van der Waals surface area contributed by atoms with Crippen molar-refractivity contribution in [2.75, 3.05) is 18.0 Å². The van der Waals surface area contributed by atoms with Gasteiger partial charge in [0.05, 0.1) is 5.39 Å². The van der Waals surface area contributed by atoms with E-state index < -0.39 is 17.5 Å². The smallest absolute Gasteiger partial charge is 0.405 e. The number of piperidine rings is 1. The van der Waals surface area contributed by atoms with Crippen molar-refractivity contribution in [1.29, 1.82) is 5.26 Å². The maximum atomic E-state index is 14.5. The molecule has 1 saturated heterocycles. The highest BCUT2D eigenvalue weighted by Gasteiger charge is 2.42. The van der Waals surface area contributed by atoms with Crippen LogP contribution in [0.5, 0.6) is 0 Å². The Kier molecular flexibility index (Phi) is 4.84. The van der Waals surface area contributed by atoms with Crippen LogP contribution < -0.4 is 10.6 Å². The number of anilines is 1. The molecule has 1 aliphatic rings. The molecule has 1 fully saturated rings. The molecule has 8 nitrogen and oxygen atoms in total. The minimum absolute atomic E-state index is 0.248. The lowest BCUT2D eigenvalue weighted by Crippen LogP contribution is -2.47. The standard InChI is InChI=1S/C19H16BrFN6O2/c20-12-10-24-16-15(12)14(9-22)25-18(26-16)27-7-5-19(6-8-27,29-17(23)28)11-3-1-2-4-13(11)21/h1-4,10H,5-8H2,(H2,23,28)(H,24,25,26). The molecule has 1 amide bonds. The lowest BCUT2D eigenvalue weighted by atomic mass is 9.84. The number of H-pyrrole nitrogens is 1. The zero-order valence-electron chi connectivity index (χ0n) is 15.2. The molecular formula is C19H16BrFN6O2. The number of amides is 1. The van der Waals surface area contributed by atoms with E-state index >= 15 is 0 Å². The van der Waals surface area contributed by atoms with Crippen LogP contribution in [0.15, 0.2) is 34.9 Å². The van der Waals surface area contributed by atoms with Crippen molar-refractivity contribution < 1.29 is 13.9 Å². The number of aromatic nitrogens is 3. The Balaban J connectivity index is 1.66. The molecule has 0 saturated carbocycles. The molecule has 0 spiro atoms. The van der Waals surface area contributed by atoms with Gasteiger partial charge in [0.2, 0.25) is 5.95 Å². The van der Waals surface area contributed by atoms with Gasteiger partial charge in [-0.3, -0.25) is 0 Å². The molecule has 148 valence electrons. The van der Waals surface area contributed by atoms with Gasteiger partial charge in [0.1, 0.15) is 23.1 Å². The van der Waals surface area contributed by atoms with Crippen LogP contribution in [0.25, 0.3) is 11.0 Å². The third-order valence-corrected chi connectivity index (χ3v) is 5.72. The van der Waals surface area contributed by atoms with E-state index in [0.717, 1.165) is 0 Å². The number of carbonyl (C=O) groups is 1. The summed E-state index contributed by atoms with van der Waals surface area (Å²) in [6, 6.07) is 8.28. The number of carbonyl (C=O) groups excluding carboxylic acids is 1. The van der Waals surface area contributed by atoms with Crippen molar-refractivity contribution in [2.45, 2.75) is 18.4 Å². The first kappa shape index (κ1) is 19.1. The van der Waals surface area contributed by atoms with E-state index in [2.05, 4.69) is 37.0 Å². The van der Waals surface area contributed by atoms with Gasteiger partial charge >= 0.3 is 6.09 Å². The van der Waals surface area contributed by atoms with E-state index in [1.807, 2.05) is 4.90 Å². The van der Waals surface area contributed by atoms with Gasteiger partial charge in [0.25, 0.3) is 0 Å². The Morgan fingerprint density at radius 1 is 1.34 bits per heavy atom. The number of primary amides is 1. The number of nitrogens with zero attached hydrogens (tertiary/aromatic N) is 4. The summed E-state index contributed by atoms with van der Waals surface area (Å²) in [4.78, 5) is 25.3. The number of nitrogens with two attached hydrogens (primary N) is 1. The maximum absolute atomic E-state index is 14.5. The molecule has 0 bridgehead atoms. The molecule has 0 atom stereocenters. The molecule has 3 N–H and O–H groups in total. The SMILES string of the molecule is N#Cc1nc(N2CCC(OC(N)=O)(c3ccccc3F)CC2)nc2[nH]cc(Br)c12. The Hall–Kier alpha value is -3.19. The Morgan fingerprint density at radius 2 is 2.07 bits per heavy atom. The van der Waals surface area contributed by atoms with Crippen LogP contribution in [0.1, 0.15) is 24.1 Å². The van der Waals surface area contributed by atoms with Gasteiger partial charge < -0.3 is 20.4 Å². The number of hydrogen-bond donors (Lipinski definition) is 2. The first-order valence-electron chi connectivity index (χ1n) is 8.86. The Bertz CT molecular complexity index is 1130. The van der Waals surface area contributed by atoms with Gasteiger partial charge in [-0.15, -0.1) is 0 Å². The van der Waals surface area contributed by atoms with Gasteiger partial charge in [-0.2, -0.15) is 10.2 Å². The number of hydrogen-bond acceptors (Lipinski definition) is 6. The van der Waals surface area contributed by atoms with E-state index in [9.17, 15) is 14.4 Å². The van der Waals surface area contributed by atoms with Crippen LogP contribution in [-0.4, -0.2) is 34.1 Å². The highest BCUT2D eigenvalue weighted by Crippen LogP contribution is 2.39. The number of nitrogens with one attached hydrogen (secondary N) is 1.